The van der Waals surface area contributed by atoms with E-state index in [0.717, 1.165) is 6.08 Å². The van der Waals surface area contributed by atoms with Gasteiger partial charge in [-0.2, -0.15) is 0 Å². The Balaban J connectivity index is 3.12. The van der Waals surface area contributed by atoms with E-state index < -0.39 is 5.97 Å². The molecular weight excluding hydrogens is 225 g/mol. The van der Waals surface area contributed by atoms with Crippen LogP contribution in [0.1, 0.15) is 5.56 Å². The van der Waals surface area contributed by atoms with Gasteiger partial charge in [-0.05, 0) is 17.7 Å². The summed E-state index contributed by atoms with van der Waals surface area (Å²) in [5.41, 5.74) is 6.38. The highest BCUT2D eigenvalue weighted by Gasteiger charge is 2.05. The first-order valence-corrected chi connectivity index (χ1v) is 4.42. The number of rotatable bonds is 2. The number of anilines is 1. The van der Waals surface area contributed by atoms with Crippen LogP contribution in [-0.4, -0.2) is 11.1 Å². The lowest BCUT2D eigenvalue weighted by Gasteiger charge is -2.03. The van der Waals surface area contributed by atoms with Crippen LogP contribution < -0.4 is 5.73 Å². The fourth-order valence-electron chi connectivity index (χ4n) is 0.869. The van der Waals surface area contributed by atoms with Gasteiger partial charge in [0, 0.05) is 6.08 Å². The van der Waals surface area contributed by atoms with E-state index in [1.165, 1.54) is 6.08 Å². The largest absolute Gasteiger partial charge is 0.478 e. The molecule has 0 amide bonds. The SMILES string of the molecule is Nc1ccc(C=CC(=O)O)c(Cl)c1Cl. The molecule has 3 N–H and O–H groups in total. The van der Waals surface area contributed by atoms with Crippen LogP contribution in [-0.2, 0) is 4.79 Å². The average molecular weight is 232 g/mol. The Morgan fingerprint density at radius 3 is 2.57 bits per heavy atom. The molecule has 0 aliphatic rings. The van der Waals surface area contributed by atoms with E-state index in [2.05, 4.69) is 0 Å². The molecule has 3 nitrogen and oxygen atoms in total. The Morgan fingerprint density at radius 2 is 2.00 bits per heavy atom. The molecule has 1 aromatic carbocycles. The summed E-state index contributed by atoms with van der Waals surface area (Å²) in [6.07, 6.45) is 2.34. The van der Waals surface area contributed by atoms with Crippen molar-refractivity contribution in [2.75, 3.05) is 5.73 Å². The first-order chi connectivity index (χ1) is 6.52. The van der Waals surface area contributed by atoms with Gasteiger partial charge >= 0.3 is 5.97 Å². The van der Waals surface area contributed by atoms with Gasteiger partial charge in [0.1, 0.15) is 0 Å². The van der Waals surface area contributed by atoms with E-state index in [-0.39, 0.29) is 10.0 Å². The molecule has 0 atom stereocenters. The van der Waals surface area contributed by atoms with Crippen molar-refractivity contribution in [2.24, 2.45) is 0 Å². The Hall–Kier alpha value is -1.19. The number of aliphatic carboxylic acids is 1. The number of benzene rings is 1. The van der Waals surface area contributed by atoms with Gasteiger partial charge in [-0.25, -0.2) is 4.79 Å². The third-order valence-corrected chi connectivity index (χ3v) is 2.46. The van der Waals surface area contributed by atoms with Gasteiger partial charge in [0.2, 0.25) is 0 Å². The molecule has 0 aliphatic heterocycles. The van der Waals surface area contributed by atoms with E-state index >= 15 is 0 Å². The molecule has 0 aliphatic carbocycles. The fraction of sp³-hybridized carbons (Fsp3) is 0. The number of nitrogen functional groups attached to an aromatic ring is 1. The standard InChI is InChI=1S/C9H7Cl2NO2/c10-8-5(2-4-7(13)14)1-3-6(12)9(8)11/h1-4H,12H2,(H,13,14). The van der Waals surface area contributed by atoms with Crippen LogP contribution in [0, 0.1) is 0 Å². The van der Waals surface area contributed by atoms with E-state index in [1.807, 2.05) is 0 Å². The summed E-state index contributed by atoms with van der Waals surface area (Å²) in [6, 6.07) is 3.17. The third-order valence-electron chi connectivity index (χ3n) is 1.55. The number of carbonyl (C=O) groups is 1. The van der Waals surface area contributed by atoms with Crippen molar-refractivity contribution in [2.45, 2.75) is 0 Å². The van der Waals surface area contributed by atoms with Crippen molar-refractivity contribution in [1.29, 1.82) is 0 Å². The molecule has 0 saturated carbocycles. The highest BCUT2D eigenvalue weighted by molar-refractivity contribution is 6.44. The second-order valence-electron chi connectivity index (χ2n) is 2.54. The van der Waals surface area contributed by atoms with Crippen molar-refractivity contribution in [3.8, 4) is 0 Å². The molecule has 1 rings (SSSR count). The van der Waals surface area contributed by atoms with Gasteiger partial charge in [0.05, 0.1) is 15.7 Å². The molecule has 1 aromatic rings. The summed E-state index contributed by atoms with van der Waals surface area (Å²) in [4.78, 5) is 10.2. The molecule has 0 unspecified atom stereocenters. The molecule has 0 radical (unpaired) electrons. The summed E-state index contributed by atoms with van der Waals surface area (Å²) in [7, 11) is 0. The highest BCUT2D eigenvalue weighted by atomic mass is 35.5. The molecule has 0 spiro atoms. The first kappa shape index (κ1) is 10.9. The minimum atomic E-state index is -1.05. The molecule has 0 heterocycles. The van der Waals surface area contributed by atoms with Crippen LogP contribution in [0.5, 0.6) is 0 Å². The Bertz CT molecular complexity index is 402. The van der Waals surface area contributed by atoms with Gasteiger partial charge in [0.15, 0.2) is 0 Å². The number of hydrogen-bond donors (Lipinski definition) is 2. The van der Waals surface area contributed by atoms with Crippen molar-refractivity contribution < 1.29 is 9.90 Å². The lowest BCUT2D eigenvalue weighted by atomic mass is 10.2. The van der Waals surface area contributed by atoms with Crippen LogP contribution >= 0.6 is 23.2 Å². The maximum absolute atomic E-state index is 10.2. The Labute approximate surface area is 90.7 Å². The zero-order valence-electron chi connectivity index (χ0n) is 7.00. The molecule has 0 fully saturated rings. The fourth-order valence-corrected chi connectivity index (χ4v) is 1.28. The number of hydrogen-bond acceptors (Lipinski definition) is 2. The maximum atomic E-state index is 10.2. The molecule has 0 saturated heterocycles. The summed E-state index contributed by atoms with van der Waals surface area (Å²) < 4.78 is 0. The number of nitrogens with two attached hydrogens (primary N) is 1. The van der Waals surface area contributed by atoms with Gasteiger partial charge < -0.3 is 10.8 Å². The molecule has 0 aromatic heterocycles. The number of halogens is 2. The van der Waals surface area contributed by atoms with Gasteiger partial charge in [-0.3, -0.25) is 0 Å². The zero-order valence-corrected chi connectivity index (χ0v) is 8.51. The maximum Gasteiger partial charge on any atom is 0.328 e. The summed E-state index contributed by atoms with van der Waals surface area (Å²) in [5, 5.41) is 8.89. The predicted octanol–water partition coefficient (Wildman–Crippen LogP) is 2.67. The van der Waals surface area contributed by atoms with E-state index in [4.69, 9.17) is 34.0 Å². The van der Waals surface area contributed by atoms with Crippen molar-refractivity contribution in [3.05, 3.63) is 33.8 Å². The zero-order chi connectivity index (χ0) is 10.7. The topological polar surface area (TPSA) is 63.3 Å². The second kappa shape index (κ2) is 4.35. The molecule has 5 heteroatoms. The predicted molar refractivity (Wildman–Crippen MR) is 57.5 cm³/mol. The van der Waals surface area contributed by atoms with Gasteiger partial charge in [-0.1, -0.05) is 29.3 Å². The number of carboxylic acids is 1. The quantitative estimate of drug-likeness (QED) is 0.608. The minimum Gasteiger partial charge on any atom is -0.478 e. The Morgan fingerprint density at radius 1 is 1.36 bits per heavy atom. The minimum absolute atomic E-state index is 0.235. The normalized spacial score (nSPS) is 10.7. The van der Waals surface area contributed by atoms with Crippen LogP contribution in [0.3, 0.4) is 0 Å². The Kier molecular flexibility index (Phi) is 3.38. The average Bonchev–Trinajstić information content (AvgIpc) is 2.13. The lowest BCUT2D eigenvalue weighted by Crippen LogP contribution is -1.89. The second-order valence-corrected chi connectivity index (χ2v) is 3.30. The summed E-state index contributed by atoms with van der Waals surface area (Å²) in [5.74, 6) is -1.05. The smallest absolute Gasteiger partial charge is 0.328 e. The van der Waals surface area contributed by atoms with Crippen molar-refractivity contribution in [3.63, 3.8) is 0 Å². The van der Waals surface area contributed by atoms with E-state index in [0.29, 0.717) is 11.3 Å². The van der Waals surface area contributed by atoms with Gasteiger partial charge in [-0.15, -0.1) is 0 Å². The van der Waals surface area contributed by atoms with E-state index in [9.17, 15) is 4.79 Å². The van der Waals surface area contributed by atoms with Crippen molar-refractivity contribution >= 4 is 40.9 Å². The highest BCUT2D eigenvalue weighted by Crippen LogP contribution is 2.31. The monoisotopic (exact) mass is 231 g/mol. The van der Waals surface area contributed by atoms with E-state index in [1.54, 1.807) is 12.1 Å². The molecule has 14 heavy (non-hydrogen) atoms. The molecule has 74 valence electrons. The molecular formula is C9H7Cl2NO2. The first-order valence-electron chi connectivity index (χ1n) is 3.67. The van der Waals surface area contributed by atoms with Crippen LogP contribution in [0.4, 0.5) is 5.69 Å². The van der Waals surface area contributed by atoms with Crippen LogP contribution in [0.2, 0.25) is 10.0 Å². The van der Waals surface area contributed by atoms with Gasteiger partial charge in [0.25, 0.3) is 0 Å². The summed E-state index contributed by atoms with van der Waals surface area (Å²) >= 11 is 11.6. The summed E-state index contributed by atoms with van der Waals surface area (Å²) in [6.45, 7) is 0. The number of carboxylic acid groups (broad SMARTS) is 1. The van der Waals surface area contributed by atoms with Crippen LogP contribution in [0.15, 0.2) is 18.2 Å². The third kappa shape index (κ3) is 2.40. The van der Waals surface area contributed by atoms with Crippen molar-refractivity contribution in [1.82, 2.24) is 0 Å². The molecule has 0 bridgehead atoms. The lowest BCUT2D eigenvalue weighted by molar-refractivity contribution is -0.131. The van der Waals surface area contributed by atoms with Crippen LogP contribution in [0.25, 0.3) is 6.08 Å².